The second-order valence-electron chi connectivity index (χ2n) is 5.97. The Labute approximate surface area is 147 Å². The van der Waals surface area contributed by atoms with Gasteiger partial charge in [0.1, 0.15) is 16.9 Å². The van der Waals surface area contributed by atoms with E-state index in [-0.39, 0.29) is 18.7 Å². The highest BCUT2D eigenvalue weighted by molar-refractivity contribution is 5.94. The van der Waals surface area contributed by atoms with E-state index < -0.39 is 11.4 Å². The lowest BCUT2D eigenvalue weighted by atomic mass is 10.1. The van der Waals surface area contributed by atoms with Gasteiger partial charge >= 0.3 is 5.97 Å². The van der Waals surface area contributed by atoms with Crippen LogP contribution >= 0.6 is 0 Å². The molecule has 130 valence electrons. The molecule has 2 aromatic carbocycles. The molecule has 6 nitrogen and oxygen atoms in total. The molecule has 2 N–H and O–H groups in total. The van der Waals surface area contributed by atoms with Gasteiger partial charge in [0.25, 0.3) is 0 Å². The highest BCUT2D eigenvalue weighted by Crippen LogP contribution is 2.29. The molecular weight excluding hydrogens is 334 g/mol. The molecule has 0 aliphatic heterocycles. The van der Waals surface area contributed by atoms with Crippen LogP contribution in [-0.4, -0.2) is 27.4 Å². The second kappa shape index (κ2) is 6.16. The van der Waals surface area contributed by atoms with Crippen LogP contribution < -0.4 is 5.43 Å². The fourth-order valence-electron chi connectivity index (χ4n) is 3.11. The molecule has 0 unspecified atom stereocenters. The SMILES string of the molecule is O=C(O)c1cn(CCO)c2cc(-c3cc4ccccc4o3)ccc2c1=O. The van der Waals surface area contributed by atoms with Gasteiger partial charge in [-0.2, -0.15) is 0 Å². The number of aromatic carboxylic acids is 1. The first-order valence-electron chi connectivity index (χ1n) is 8.09. The number of aliphatic hydroxyl groups is 1. The third kappa shape index (κ3) is 2.57. The topological polar surface area (TPSA) is 92.7 Å². The Bertz CT molecular complexity index is 1170. The minimum atomic E-state index is -1.29. The summed E-state index contributed by atoms with van der Waals surface area (Å²) in [5, 5.41) is 19.8. The number of fused-ring (bicyclic) bond motifs is 2. The van der Waals surface area contributed by atoms with Crippen molar-refractivity contribution in [2.75, 3.05) is 6.61 Å². The molecule has 0 atom stereocenters. The number of carbonyl (C=O) groups is 1. The lowest BCUT2D eigenvalue weighted by Gasteiger charge is -2.12. The molecule has 4 rings (SSSR count). The molecule has 0 saturated carbocycles. The van der Waals surface area contributed by atoms with E-state index >= 15 is 0 Å². The van der Waals surface area contributed by atoms with Gasteiger partial charge in [-0.25, -0.2) is 4.79 Å². The molecule has 0 aliphatic rings. The number of benzene rings is 2. The van der Waals surface area contributed by atoms with Gasteiger partial charge < -0.3 is 19.2 Å². The zero-order chi connectivity index (χ0) is 18.3. The first-order valence-corrected chi connectivity index (χ1v) is 8.09. The van der Waals surface area contributed by atoms with Gasteiger partial charge in [0.2, 0.25) is 5.43 Å². The van der Waals surface area contributed by atoms with Crippen molar-refractivity contribution < 1.29 is 19.4 Å². The van der Waals surface area contributed by atoms with E-state index in [4.69, 9.17) is 4.42 Å². The number of aromatic nitrogens is 1. The van der Waals surface area contributed by atoms with E-state index in [9.17, 15) is 19.8 Å². The molecule has 0 radical (unpaired) electrons. The van der Waals surface area contributed by atoms with Crippen LogP contribution in [0.3, 0.4) is 0 Å². The Balaban J connectivity index is 1.96. The normalized spacial score (nSPS) is 11.3. The molecular formula is C20H15NO5. The zero-order valence-corrected chi connectivity index (χ0v) is 13.7. The second-order valence-corrected chi connectivity index (χ2v) is 5.97. The van der Waals surface area contributed by atoms with Gasteiger partial charge in [-0.3, -0.25) is 4.79 Å². The highest BCUT2D eigenvalue weighted by atomic mass is 16.4. The quantitative estimate of drug-likeness (QED) is 0.590. The van der Waals surface area contributed by atoms with E-state index in [0.29, 0.717) is 16.7 Å². The van der Waals surface area contributed by atoms with Crippen LogP contribution in [0.25, 0.3) is 33.2 Å². The number of rotatable bonds is 4. The first kappa shape index (κ1) is 16.1. The Morgan fingerprint density at radius 2 is 1.92 bits per heavy atom. The van der Waals surface area contributed by atoms with Gasteiger partial charge in [0.05, 0.1) is 12.1 Å². The number of furan rings is 1. The summed E-state index contributed by atoms with van der Waals surface area (Å²) < 4.78 is 7.44. The number of carboxylic acids is 1. The lowest BCUT2D eigenvalue weighted by molar-refractivity contribution is 0.0694. The molecule has 0 amide bonds. The van der Waals surface area contributed by atoms with E-state index in [2.05, 4.69) is 0 Å². The van der Waals surface area contributed by atoms with E-state index in [0.717, 1.165) is 16.5 Å². The summed E-state index contributed by atoms with van der Waals surface area (Å²) in [6.45, 7) is 0.00649. The van der Waals surface area contributed by atoms with Crippen molar-refractivity contribution in [3.8, 4) is 11.3 Å². The molecule has 26 heavy (non-hydrogen) atoms. The van der Waals surface area contributed by atoms with Crippen LogP contribution in [0.5, 0.6) is 0 Å². The smallest absolute Gasteiger partial charge is 0.341 e. The van der Waals surface area contributed by atoms with Crippen LogP contribution in [-0.2, 0) is 6.54 Å². The molecule has 0 fully saturated rings. The average Bonchev–Trinajstić information content (AvgIpc) is 3.07. The average molecular weight is 349 g/mol. The molecule has 0 aliphatic carbocycles. The summed E-state index contributed by atoms with van der Waals surface area (Å²) in [5.74, 6) is -0.636. The number of pyridine rings is 1. The van der Waals surface area contributed by atoms with Crippen molar-refractivity contribution in [3.05, 3.63) is 70.5 Å². The molecule has 0 spiro atoms. The van der Waals surface area contributed by atoms with Crippen molar-refractivity contribution in [1.29, 1.82) is 0 Å². The molecule has 4 aromatic rings. The maximum Gasteiger partial charge on any atom is 0.341 e. The van der Waals surface area contributed by atoms with Gasteiger partial charge in [-0.05, 0) is 24.3 Å². The van der Waals surface area contributed by atoms with E-state index in [1.807, 2.05) is 30.3 Å². The minimum absolute atomic E-state index is 0.175. The maximum absolute atomic E-state index is 12.4. The number of nitrogens with zero attached hydrogens (tertiary/aromatic N) is 1. The number of aliphatic hydroxyl groups excluding tert-OH is 1. The number of para-hydroxylation sites is 1. The summed E-state index contributed by atoms with van der Waals surface area (Å²) in [5.41, 5.74) is 1.21. The van der Waals surface area contributed by atoms with Gasteiger partial charge in [-0.15, -0.1) is 0 Å². The summed E-state index contributed by atoms with van der Waals surface area (Å²) in [6.07, 6.45) is 1.27. The van der Waals surface area contributed by atoms with Crippen LogP contribution in [0.1, 0.15) is 10.4 Å². The Hall–Kier alpha value is -3.38. The van der Waals surface area contributed by atoms with Gasteiger partial charge in [0, 0.05) is 29.1 Å². The molecule has 2 aromatic heterocycles. The third-order valence-corrected chi connectivity index (χ3v) is 4.36. The maximum atomic E-state index is 12.4. The summed E-state index contributed by atoms with van der Waals surface area (Å²) >= 11 is 0. The predicted octanol–water partition coefficient (Wildman–Crippen LogP) is 3.11. The molecule has 0 bridgehead atoms. The Morgan fingerprint density at radius 3 is 2.65 bits per heavy atom. The van der Waals surface area contributed by atoms with Crippen LogP contribution in [0, 0.1) is 0 Å². The van der Waals surface area contributed by atoms with Crippen molar-refractivity contribution in [2.24, 2.45) is 0 Å². The largest absolute Gasteiger partial charge is 0.477 e. The van der Waals surface area contributed by atoms with Crippen molar-refractivity contribution in [3.63, 3.8) is 0 Å². The standard InChI is InChI=1S/C20H15NO5/c22-8-7-21-11-15(20(24)25)19(23)14-6-5-13(9-16(14)21)18-10-12-3-1-2-4-17(12)26-18/h1-6,9-11,22H,7-8H2,(H,24,25). The number of hydrogen-bond donors (Lipinski definition) is 2. The predicted molar refractivity (Wildman–Crippen MR) is 97.5 cm³/mol. The number of hydrogen-bond acceptors (Lipinski definition) is 4. The van der Waals surface area contributed by atoms with Crippen molar-refractivity contribution in [1.82, 2.24) is 4.57 Å². The van der Waals surface area contributed by atoms with E-state index in [1.165, 1.54) is 6.20 Å². The Morgan fingerprint density at radius 1 is 1.12 bits per heavy atom. The minimum Gasteiger partial charge on any atom is -0.477 e. The highest BCUT2D eigenvalue weighted by Gasteiger charge is 2.16. The van der Waals surface area contributed by atoms with E-state index in [1.54, 1.807) is 22.8 Å². The van der Waals surface area contributed by atoms with Gasteiger partial charge in [0.15, 0.2) is 0 Å². The zero-order valence-electron chi connectivity index (χ0n) is 13.7. The van der Waals surface area contributed by atoms with Crippen molar-refractivity contribution >= 4 is 27.8 Å². The summed E-state index contributed by atoms with van der Waals surface area (Å²) in [4.78, 5) is 23.8. The Kier molecular flexibility index (Phi) is 3.82. The van der Waals surface area contributed by atoms with Crippen molar-refractivity contribution in [2.45, 2.75) is 6.54 Å². The lowest BCUT2D eigenvalue weighted by Crippen LogP contribution is -2.19. The molecule has 2 heterocycles. The monoisotopic (exact) mass is 349 g/mol. The fourth-order valence-corrected chi connectivity index (χ4v) is 3.11. The van der Waals surface area contributed by atoms with Crippen LogP contribution in [0.4, 0.5) is 0 Å². The van der Waals surface area contributed by atoms with Crippen LogP contribution in [0.15, 0.2) is 63.9 Å². The molecule has 0 saturated heterocycles. The van der Waals surface area contributed by atoms with Crippen LogP contribution in [0.2, 0.25) is 0 Å². The summed E-state index contributed by atoms with van der Waals surface area (Å²) in [6, 6.07) is 14.7. The number of carboxylic acid groups (broad SMARTS) is 1. The fraction of sp³-hybridized carbons (Fsp3) is 0.100. The van der Waals surface area contributed by atoms with Gasteiger partial charge in [-0.1, -0.05) is 24.3 Å². The molecule has 6 heteroatoms. The summed E-state index contributed by atoms with van der Waals surface area (Å²) in [7, 11) is 0. The third-order valence-electron chi connectivity index (χ3n) is 4.36. The first-order chi connectivity index (χ1) is 12.6.